The second-order valence-corrected chi connectivity index (χ2v) is 3.73. The highest BCUT2D eigenvalue weighted by atomic mass is 16.5. The highest BCUT2D eigenvalue weighted by molar-refractivity contribution is 5.74. The first-order chi connectivity index (χ1) is 6.57. The van der Waals surface area contributed by atoms with Gasteiger partial charge in [0.1, 0.15) is 6.61 Å². The molecule has 0 rings (SSSR count). The molecule has 0 bridgehead atoms. The second kappa shape index (κ2) is 7.76. The molecule has 0 aliphatic rings. The molecular weight excluding hydrogens is 180 g/mol. The van der Waals surface area contributed by atoms with E-state index in [2.05, 4.69) is 26.1 Å². The number of amides is 1. The average molecular weight is 202 g/mol. The number of hydrogen-bond donors (Lipinski definition) is 2. The summed E-state index contributed by atoms with van der Waals surface area (Å²) < 4.78 is 5.03. The molecule has 0 saturated carbocycles. The SMILES string of the molecule is CCC(NCCOCC(N)=O)C(C)C. The fourth-order valence-corrected chi connectivity index (χ4v) is 1.34. The van der Waals surface area contributed by atoms with Gasteiger partial charge in [0.15, 0.2) is 0 Å². The van der Waals surface area contributed by atoms with Gasteiger partial charge >= 0.3 is 0 Å². The number of primary amides is 1. The van der Waals surface area contributed by atoms with Crippen LogP contribution in [0.3, 0.4) is 0 Å². The van der Waals surface area contributed by atoms with Gasteiger partial charge in [-0.2, -0.15) is 0 Å². The highest BCUT2D eigenvalue weighted by Gasteiger charge is 2.08. The van der Waals surface area contributed by atoms with Crippen molar-refractivity contribution < 1.29 is 9.53 Å². The maximum absolute atomic E-state index is 10.3. The summed E-state index contributed by atoms with van der Waals surface area (Å²) in [6.07, 6.45) is 1.10. The summed E-state index contributed by atoms with van der Waals surface area (Å²) in [5.74, 6) is 0.206. The Bertz CT molecular complexity index is 160. The Balaban J connectivity index is 3.38. The van der Waals surface area contributed by atoms with E-state index in [-0.39, 0.29) is 6.61 Å². The van der Waals surface area contributed by atoms with Crippen LogP contribution in [0, 0.1) is 5.92 Å². The van der Waals surface area contributed by atoms with Crippen LogP contribution in [0.4, 0.5) is 0 Å². The summed E-state index contributed by atoms with van der Waals surface area (Å²) in [6, 6.07) is 0.521. The minimum absolute atomic E-state index is 0.0140. The van der Waals surface area contributed by atoms with E-state index in [0.29, 0.717) is 18.6 Å². The lowest BCUT2D eigenvalue weighted by molar-refractivity contribution is -0.122. The predicted octanol–water partition coefficient (Wildman–Crippen LogP) is 0.513. The molecule has 1 unspecified atom stereocenters. The van der Waals surface area contributed by atoms with Gasteiger partial charge in [-0.15, -0.1) is 0 Å². The Morgan fingerprint density at radius 2 is 2.14 bits per heavy atom. The van der Waals surface area contributed by atoms with E-state index in [9.17, 15) is 4.79 Å². The Hall–Kier alpha value is -0.610. The number of hydrogen-bond acceptors (Lipinski definition) is 3. The third kappa shape index (κ3) is 6.86. The quantitative estimate of drug-likeness (QED) is 0.564. The maximum Gasteiger partial charge on any atom is 0.243 e. The maximum atomic E-state index is 10.3. The molecule has 4 nitrogen and oxygen atoms in total. The third-order valence-corrected chi connectivity index (χ3v) is 2.14. The van der Waals surface area contributed by atoms with E-state index in [1.165, 1.54) is 0 Å². The second-order valence-electron chi connectivity index (χ2n) is 3.73. The molecule has 1 amide bonds. The van der Waals surface area contributed by atoms with E-state index in [1.807, 2.05) is 0 Å². The van der Waals surface area contributed by atoms with Crippen molar-refractivity contribution in [3.63, 3.8) is 0 Å². The lowest BCUT2D eigenvalue weighted by Crippen LogP contribution is -2.35. The Kier molecular flexibility index (Phi) is 7.42. The van der Waals surface area contributed by atoms with Gasteiger partial charge in [-0.3, -0.25) is 4.79 Å². The van der Waals surface area contributed by atoms with Crippen molar-refractivity contribution in [3.05, 3.63) is 0 Å². The zero-order valence-corrected chi connectivity index (χ0v) is 9.38. The molecule has 1 atom stereocenters. The topological polar surface area (TPSA) is 64.3 Å². The van der Waals surface area contributed by atoms with Crippen LogP contribution < -0.4 is 11.1 Å². The Labute approximate surface area is 86.2 Å². The summed E-state index contributed by atoms with van der Waals surface area (Å²) in [5, 5.41) is 3.37. The minimum atomic E-state index is -0.416. The molecule has 0 aliphatic carbocycles. The van der Waals surface area contributed by atoms with Crippen molar-refractivity contribution >= 4 is 5.91 Å². The number of rotatable bonds is 8. The number of nitrogens with one attached hydrogen (secondary N) is 1. The predicted molar refractivity (Wildman–Crippen MR) is 56.9 cm³/mol. The molecule has 14 heavy (non-hydrogen) atoms. The standard InChI is InChI=1S/C10H22N2O2/c1-4-9(8(2)3)12-5-6-14-7-10(11)13/h8-9,12H,4-7H2,1-3H3,(H2,11,13). The van der Waals surface area contributed by atoms with Crippen LogP contribution >= 0.6 is 0 Å². The molecule has 3 N–H and O–H groups in total. The molecule has 0 saturated heterocycles. The van der Waals surface area contributed by atoms with E-state index < -0.39 is 5.91 Å². The van der Waals surface area contributed by atoms with Crippen molar-refractivity contribution in [1.29, 1.82) is 0 Å². The highest BCUT2D eigenvalue weighted by Crippen LogP contribution is 2.04. The number of carbonyl (C=O) groups excluding carboxylic acids is 1. The monoisotopic (exact) mass is 202 g/mol. The van der Waals surface area contributed by atoms with E-state index in [1.54, 1.807) is 0 Å². The molecule has 4 heteroatoms. The zero-order chi connectivity index (χ0) is 11.0. The summed E-state index contributed by atoms with van der Waals surface area (Å²) >= 11 is 0. The number of carbonyl (C=O) groups is 1. The normalized spacial score (nSPS) is 13.1. The van der Waals surface area contributed by atoms with Gasteiger partial charge in [-0.25, -0.2) is 0 Å². The van der Waals surface area contributed by atoms with E-state index >= 15 is 0 Å². The molecule has 0 spiro atoms. The first-order valence-corrected chi connectivity index (χ1v) is 5.17. The minimum Gasteiger partial charge on any atom is -0.370 e. The van der Waals surface area contributed by atoms with Crippen LogP contribution in [0.1, 0.15) is 27.2 Å². The third-order valence-electron chi connectivity index (χ3n) is 2.14. The summed E-state index contributed by atoms with van der Waals surface area (Å²) in [6.45, 7) is 7.84. The van der Waals surface area contributed by atoms with Crippen molar-refractivity contribution in [3.8, 4) is 0 Å². The van der Waals surface area contributed by atoms with Gasteiger partial charge < -0.3 is 15.8 Å². The fourth-order valence-electron chi connectivity index (χ4n) is 1.34. The van der Waals surface area contributed by atoms with Gasteiger partial charge in [0.05, 0.1) is 6.61 Å². The van der Waals surface area contributed by atoms with Crippen molar-refractivity contribution in [2.24, 2.45) is 11.7 Å². The Morgan fingerprint density at radius 3 is 2.57 bits per heavy atom. The van der Waals surface area contributed by atoms with Crippen LogP contribution in [0.5, 0.6) is 0 Å². The summed E-state index contributed by atoms with van der Waals surface area (Å²) in [5.41, 5.74) is 4.92. The van der Waals surface area contributed by atoms with Gasteiger partial charge in [0.2, 0.25) is 5.91 Å². The molecule has 0 aromatic rings. The number of nitrogens with two attached hydrogens (primary N) is 1. The first-order valence-electron chi connectivity index (χ1n) is 5.17. The van der Waals surface area contributed by atoms with Crippen LogP contribution in [0.15, 0.2) is 0 Å². The molecule has 0 aromatic carbocycles. The molecular formula is C10H22N2O2. The first kappa shape index (κ1) is 13.4. The van der Waals surface area contributed by atoms with E-state index in [4.69, 9.17) is 10.5 Å². The molecule has 0 radical (unpaired) electrons. The van der Waals surface area contributed by atoms with Crippen molar-refractivity contribution in [1.82, 2.24) is 5.32 Å². The molecule has 0 aliphatic heterocycles. The van der Waals surface area contributed by atoms with Crippen molar-refractivity contribution in [2.45, 2.75) is 33.2 Å². The van der Waals surface area contributed by atoms with Gasteiger partial charge in [0, 0.05) is 12.6 Å². The molecule has 0 aromatic heterocycles. The van der Waals surface area contributed by atoms with Crippen LogP contribution in [0.2, 0.25) is 0 Å². The zero-order valence-electron chi connectivity index (χ0n) is 9.38. The van der Waals surface area contributed by atoms with Gasteiger partial charge in [-0.05, 0) is 12.3 Å². The number of ether oxygens (including phenoxy) is 1. The van der Waals surface area contributed by atoms with Gasteiger partial charge in [-0.1, -0.05) is 20.8 Å². The molecule has 84 valence electrons. The molecule has 0 fully saturated rings. The fraction of sp³-hybridized carbons (Fsp3) is 0.900. The van der Waals surface area contributed by atoms with Gasteiger partial charge in [0.25, 0.3) is 0 Å². The van der Waals surface area contributed by atoms with E-state index in [0.717, 1.165) is 13.0 Å². The summed E-state index contributed by atoms with van der Waals surface area (Å²) in [7, 11) is 0. The largest absolute Gasteiger partial charge is 0.370 e. The average Bonchev–Trinajstić information content (AvgIpc) is 2.10. The lowest BCUT2D eigenvalue weighted by atomic mass is 10.0. The lowest BCUT2D eigenvalue weighted by Gasteiger charge is -2.20. The van der Waals surface area contributed by atoms with Crippen LogP contribution in [0.25, 0.3) is 0 Å². The van der Waals surface area contributed by atoms with Crippen LogP contribution in [-0.2, 0) is 9.53 Å². The Morgan fingerprint density at radius 1 is 1.50 bits per heavy atom. The summed E-state index contributed by atoms with van der Waals surface area (Å²) in [4.78, 5) is 10.3. The smallest absolute Gasteiger partial charge is 0.243 e. The van der Waals surface area contributed by atoms with Crippen LogP contribution in [-0.4, -0.2) is 31.7 Å². The molecule has 0 heterocycles. The van der Waals surface area contributed by atoms with Crippen molar-refractivity contribution in [2.75, 3.05) is 19.8 Å².